The van der Waals surface area contributed by atoms with E-state index in [0.717, 1.165) is 0 Å². The Morgan fingerprint density at radius 2 is 1.00 bits per heavy atom. The van der Waals surface area contributed by atoms with E-state index in [-0.39, 0.29) is 11.5 Å². The van der Waals surface area contributed by atoms with Gasteiger partial charge in [-0.05, 0) is 63.4 Å². The minimum absolute atomic E-state index is 0.0764. The molecule has 0 aliphatic carbocycles. The van der Waals surface area contributed by atoms with Crippen LogP contribution in [0.5, 0.6) is 11.5 Å². The van der Waals surface area contributed by atoms with Crippen molar-refractivity contribution in [2.75, 3.05) is 26.4 Å². The van der Waals surface area contributed by atoms with Crippen LogP contribution in [0.3, 0.4) is 0 Å². The van der Waals surface area contributed by atoms with Crippen LogP contribution >= 0.6 is 13.4 Å². The zero-order chi connectivity index (χ0) is 19.3. The van der Waals surface area contributed by atoms with Gasteiger partial charge in [-0.15, -0.1) is 0 Å². The highest BCUT2D eigenvalue weighted by Gasteiger charge is 2.31. The predicted octanol–water partition coefficient (Wildman–Crippen LogP) is 4.70. The first-order valence-corrected chi connectivity index (χ1v) is 12.8. The molecule has 0 unspecified atom stereocenters. The Bertz CT molecular complexity index is 517. The average molecular weight is 432 g/mol. The molecule has 7 nitrogen and oxygen atoms in total. The number of para-hydroxylation sites is 2. The lowest BCUT2D eigenvalue weighted by molar-refractivity contribution is 0.176. The van der Waals surface area contributed by atoms with Crippen LogP contribution in [0.2, 0.25) is 0 Å². The summed E-state index contributed by atoms with van der Waals surface area (Å²) < 4.78 is 26.9. The van der Waals surface area contributed by atoms with Gasteiger partial charge in [0.25, 0.3) is 0 Å². The van der Waals surface area contributed by atoms with Gasteiger partial charge in [0.15, 0.2) is 11.5 Å². The number of hydrogen-bond acceptors (Lipinski definition) is 9. The smallest absolute Gasteiger partial charge is 0.334 e. The molecule has 1 aromatic carbocycles. The van der Waals surface area contributed by atoms with Crippen LogP contribution in [0.25, 0.3) is 0 Å². The maximum Gasteiger partial charge on any atom is 0.334 e. The second kappa shape index (κ2) is 13.1. The molecule has 0 saturated carbocycles. The molecule has 2 N–H and O–H groups in total. The van der Waals surface area contributed by atoms with Crippen LogP contribution in [0, 0.1) is 0 Å². The third kappa shape index (κ3) is 10.6. The minimum atomic E-state index is -2.87. The van der Waals surface area contributed by atoms with Crippen molar-refractivity contribution in [3.63, 3.8) is 0 Å². The number of benzene rings is 1. The van der Waals surface area contributed by atoms with Gasteiger partial charge in [-0.1, -0.05) is 12.1 Å². The van der Waals surface area contributed by atoms with Crippen LogP contribution in [-0.2, 0) is 46.0 Å². The number of rotatable bonds is 10. The molecule has 0 aliphatic rings. The molecule has 0 amide bonds. The number of aromatic hydroxyl groups is 2. The molecule has 0 fully saturated rings. The molecular formula is C14H26O7P2S2. The fraction of sp³-hybridized carbons (Fsp3) is 0.571. The lowest BCUT2D eigenvalue weighted by Crippen LogP contribution is -2.03. The Kier molecular flexibility index (Phi) is 13.1. The minimum Gasteiger partial charge on any atom is -0.504 e. The van der Waals surface area contributed by atoms with Crippen molar-refractivity contribution in [1.29, 1.82) is 0 Å². The first-order valence-electron chi connectivity index (χ1n) is 7.72. The zero-order valence-corrected chi connectivity index (χ0v) is 18.2. The average Bonchev–Trinajstić information content (AvgIpc) is 2.51. The third-order valence-electron chi connectivity index (χ3n) is 2.23. The van der Waals surface area contributed by atoms with Gasteiger partial charge in [0.2, 0.25) is 0 Å². The van der Waals surface area contributed by atoms with Crippen LogP contribution in [0.15, 0.2) is 24.3 Å². The van der Waals surface area contributed by atoms with E-state index in [1.54, 1.807) is 12.1 Å². The van der Waals surface area contributed by atoms with E-state index in [1.807, 2.05) is 27.7 Å². The van der Waals surface area contributed by atoms with Gasteiger partial charge < -0.3 is 28.3 Å². The number of phenolic OH excluding ortho intramolecular Hbond substituents is 2. The van der Waals surface area contributed by atoms with Crippen molar-refractivity contribution in [2.24, 2.45) is 0 Å². The van der Waals surface area contributed by atoms with E-state index in [2.05, 4.69) is 0 Å². The SMILES string of the molecule is CCOP(=S)(OCC)OP(=S)(OCC)OCC.Oc1ccccc1O. The molecule has 146 valence electrons. The Labute approximate surface area is 159 Å². The molecule has 0 aliphatic heterocycles. The molecule has 0 spiro atoms. The summed E-state index contributed by atoms with van der Waals surface area (Å²) in [6.07, 6.45) is 0. The van der Waals surface area contributed by atoms with E-state index < -0.39 is 13.4 Å². The van der Waals surface area contributed by atoms with Gasteiger partial charge in [-0.3, -0.25) is 0 Å². The summed E-state index contributed by atoms with van der Waals surface area (Å²) in [5.74, 6) is -0.153. The number of phenols is 2. The molecule has 0 radical (unpaired) electrons. The Morgan fingerprint density at radius 3 is 1.20 bits per heavy atom. The Balaban J connectivity index is 0.000000593. The maximum absolute atomic E-state index is 8.67. The molecule has 0 bridgehead atoms. The van der Waals surface area contributed by atoms with Gasteiger partial charge in [0, 0.05) is 0 Å². The fourth-order valence-electron chi connectivity index (χ4n) is 1.39. The van der Waals surface area contributed by atoms with E-state index >= 15 is 0 Å². The van der Waals surface area contributed by atoms with Crippen LogP contribution < -0.4 is 0 Å². The topological polar surface area (TPSA) is 86.6 Å². The highest BCUT2D eigenvalue weighted by molar-refractivity contribution is 8.14. The summed E-state index contributed by atoms with van der Waals surface area (Å²) in [6, 6.07) is 6.15. The summed E-state index contributed by atoms with van der Waals surface area (Å²) >= 11 is 10.4. The van der Waals surface area contributed by atoms with E-state index in [0.29, 0.717) is 26.4 Å². The lowest BCUT2D eigenvalue weighted by atomic mass is 10.3. The highest BCUT2D eigenvalue weighted by Crippen LogP contribution is 2.66. The van der Waals surface area contributed by atoms with Crippen LogP contribution in [-0.4, -0.2) is 36.6 Å². The molecule has 1 aromatic rings. The van der Waals surface area contributed by atoms with Gasteiger partial charge in [-0.25, -0.2) is 4.31 Å². The normalized spacial score (nSPS) is 11.7. The van der Waals surface area contributed by atoms with Crippen LogP contribution in [0.1, 0.15) is 27.7 Å². The van der Waals surface area contributed by atoms with Gasteiger partial charge in [0.1, 0.15) is 0 Å². The largest absolute Gasteiger partial charge is 0.504 e. The van der Waals surface area contributed by atoms with E-state index in [9.17, 15) is 0 Å². The lowest BCUT2D eigenvalue weighted by Gasteiger charge is -2.27. The first-order chi connectivity index (χ1) is 11.8. The van der Waals surface area contributed by atoms with Gasteiger partial charge in [0.05, 0.1) is 26.4 Å². The summed E-state index contributed by atoms with van der Waals surface area (Å²) in [7, 11) is 0. The van der Waals surface area contributed by atoms with Gasteiger partial charge >= 0.3 is 13.4 Å². The van der Waals surface area contributed by atoms with E-state index in [4.69, 9.17) is 56.2 Å². The predicted molar refractivity (Wildman–Crippen MR) is 106 cm³/mol. The van der Waals surface area contributed by atoms with Crippen molar-refractivity contribution in [3.8, 4) is 11.5 Å². The summed E-state index contributed by atoms with van der Waals surface area (Å²) in [5.41, 5.74) is 0. The molecule has 0 heterocycles. The van der Waals surface area contributed by atoms with Crippen molar-refractivity contribution >= 4 is 37.1 Å². The van der Waals surface area contributed by atoms with E-state index in [1.165, 1.54) is 12.1 Å². The number of hydrogen-bond donors (Lipinski definition) is 2. The fourth-order valence-corrected chi connectivity index (χ4v) is 7.76. The van der Waals surface area contributed by atoms with Crippen molar-refractivity contribution in [2.45, 2.75) is 27.7 Å². The monoisotopic (exact) mass is 432 g/mol. The summed E-state index contributed by atoms with van der Waals surface area (Å²) in [4.78, 5) is 0. The second-order valence-corrected chi connectivity index (χ2v) is 10.3. The van der Waals surface area contributed by atoms with Crippen molar-refractivity contribution in [1.82, 2.24) is 0 Å². The zero-order valence-electron chi connectivity index (χ0n) is 14.8. The first kappa shape index (κ1) is 24.9. The Morgan fingerprint density at radius 1 is 0.720 bits per heavy atom. The molecule has 0 aromatic heterocycles. The maximum atomic E-state index is 8.67. The molecule has 11 heteroatoms. The third-order valence-corrected chi connectivity index (χ3v) is 8.59. The summed E-state index contributed by atoms with van der Waals surface area (Å²) in [5, 5.41) is 17.3. The van der Waals surface area contributed by atoms with Gasteiger partial charge in [-0.2, -0.15) is 0 Å². The second-order valence-electron chi connectivity index (χ2n) is 4.14. The quantitative estimate of drug-likeness (QED) is 0.404. The molecule has 0 atom stereocenters. The molecule has 0 saturated heterocycles. The standard InChI is InChI=1S/C8H20O5P2S2.C6H6O2/c1-5-9-14(16,10-6-2)13-15(17,11-7-3)12-8-4;7-5-3-1-2-4-6(5)8/h5-8H2,1-4H3;1-4,7-8H. The molecule has 25 heavy (non-hydrogen) atoms. The van der Waals surface area contributed by atoms with Crippen molar-refractivity contribution < 1.29 is 32.6 Å². The molecular weight excluding hydrogens is 406 g/mol. The highest BCUT2D eigenvalue weighted by atomic mass is 32.5. The Hall–Kier alpha value is -0.0800. The van der Waals surface area contributed by atoms with Crippen LogP contribution in [0.4, 0.5) is 0 Å². The summed E-state index contributed by atoms with van der Waals surface area (Å²) in [6.45, 7) is 3.09. The van der Waals surface area contributed by atoms with Crippen molar-refractivity contribution in [3.05, 3.63) is 24.3 Å². The molecule has 1 rings (SSSR count).